The van der Waals surface area contributed by atoms with Crippen LogP contribution in [0.2, 0.25) is 5.02 Å². The fraction of sp³-hybridized carbons (Fsp3) is 0.571. The van der Waals surface area contributed by atoms with Crippen molar-refractivity contribution in [3.63, 3.8) is 0 Å². The van der Waals surface area contributed by atoms with Crippen molar-refractivity contribution in [1.29, 1.82) is 0 Å². The lowest BCUT2D eigenvalue weighted by Crippen LogP contribution is -2.40. The van der Waals surface area contributed by atoms with E-state index in [-0.39, 0.29) is 17.6 Å². The van der Waals surface area contributed by atoms with Crippen LogP contribution in [0.4, 0.5) is 0 Å². The van der Waals surface area contributed by atoms with E-state index in [0.29, 0.717) is 29.7 Å². The Labute approximate surface area is 123 Å². The summed E-state index contributed by atoms with van der Waals surface area (Å²) >= 11 is 6.11. The highest BCUT2D eigenvalue weighted by atomic mass is 35.5. The van der Waals surface area contributed by atoms with Gasteiger partial charge in [0.05, 0.1) is 18.8 Å². The third kappa shape index (κ3) is 4.08. The van der Waals surface area contributed by atoms with Crippen molar-refractivity contribution >= 4 is 17.5 Å². The maximum Gasteiger partial charge on any atom is 0.253 e. The fourth-order valence-electron chi connectivity index (χ4n) is 1.81. The van der Waals surface area contributed by atoms with Gasteiger partial charge in [0.15, 0.2) is 0 Å². The molecule has 0 bridgehead atoms. The van der Waals surface area contributed by atoms with Crippen molar-refractivity contribution in [2.24, 2.45) is 0 Å². The molecule has 0 aliphatic carbocycles. The van der Waals surface area contributed by atoms with Gasteiger partial charge in [-0.3, -0.25) is 4.79 Å². The number of rotatable bonds is 3. The van der Waals surface area contributed by atoms with Gasteiger partial charge in [-0.2, -0.15) is 0 Å². The number of halogens is 1. The Morgan fingerprint density at radius 1 is 1.55 bits per heavy atom. The molecule has 1 amide bonds. The molecule has 0 saturated carbocycles. The zero-order valence-electron chi connectivity index (χ0n) is 11.9. The summed E-state index contributed by atoms with van der Waals surface area (Å²) < 4.78 is 10.9. The molecule has 0 aromatic carbocycles. The van der Waals surface area contributed by atoms with Crippen molar-refractivity contribution in [1.82, 2.24) is 10.3 Å². The number of hydrogen-bond donors (Lipinski definition) is 1. The number of hydrogen-bond acceptors (Lipinski definition) is 4. The van der Waals surface area contributed by atoms with Gasteiger partial charge in [0.1, 0.15) is 11.1 Å². The monoisotopic (exact) mass is 298 g/mol. The minimum absolute atomic E-state index is 0.0192. The van der Waals surface area contributed by atoms with Crippen LogP contribution in [0.5, 0.6) is 5.88 Å². The highest BCUT2D eigenvalue weighted by molar-refractivity contribution is 6.32. The van der Waals surface area contributed by atoms with Gasteiger partial charge in [-0.1, -0.05) is 11.6 Å². The van der Waals surface area contributed by atoms with Gasteiger partial charge in [0.25, 0.3) is 5.91 Å². The number of ether oxygens (including phenoxy) is 2. The molecular formula is C14H19ClN2O3. The molecule has 5 nitrogen and oxygen atoms in total. The summed E-state index contributed by atoms with van der Waals surface area (Å²) in [5.74, 6) is 0.136. The van der Waals surface area contributed by atoms with Gasteiger partial charge in [0.2, 0.25) is 5.88 Å². The molecule has 0 spiro atoms. The first-order valence-electron chi connectivity index (χ1n) is 6.57. The Morgan fingerprint density at radius 2 is 2.30 bits per heavy atom. The third-order valence-electron chi connectivity index (χ3n) is 2.72. The SMILES string of the molecule is CC(C)(C)NC(=O)c1cnc(OC2CCOC2)c(Cl)c1. The van der Waals surface area contributed by atoms with Crippen LogP contribution in [0.25, 0.3) is 0 Å². The molecule has 1 N–H and O–H groups in total. The van der Waals surface area contributed by atoms with Gasteiger partial charge < -0.3 is 14.8 Å². The zero-order valence-corrected chi connectivity index (χ0v) is 12.7. The largest absolute Gasteiger partial charge is 0.471 e. The second-order valence-corrected chi connectivity index (χ2v) is 6.23. The number of carbonyl (C=O) groups is 1. The Bertz CT molecular complexity index is 494. The van der Waals surface area contributed by atoms with E-state index in [4.69, 9.17) is 21.1 Å². The lowest BCUT2D eigenvalue weighted by molar-refractivity contribution is 0.0919. The lowest BCUT2D eigenvalue weighted by Gasteiger charge is -2.20. The van der Waals surface area contributed by atoms with E-state index < -0.39 is 0 Å². The molecule has 2 heterocycles. The van der Waals surface area contributed by atoms with E-state index in [1.807, 2.05) is 20.8 Å². The van der Waals surface area contributed by atoms with Crippen LogP contribution in [0.1, 0.15) is 37.6 Å². The highest BCUT2D eigenvalue weighted by Gasteiger charge is 2.21. The first-order valence-corrected chi connectivity index (χ1v) is 6.95. The molecule has 1 unspecified atom stereocenters. The Hall–Kier alpha value is -1.33. The molecule has 0 radical (unpaired) electrons. The van der Waals surface area contributed by atoms with Crippen molar-refractivity contribution in [2.45, 2.75) is 38.8 Å². The van der Waals surface area contributed by atoms with Gasteiger partial charge >= 0.3 is 0 Å². The summed E-state index contributed by atoms with van der Waals surface area (Å²) in [6, 6.07) is 1.57. The molecule has 1 saturated heterocycles. The highest BCUT2D eigenvalue weighted by Crippen LogP contribution is 2.25. The first kappa shape index (κ1) is 15.1. The van der Waals surface area contributed by atoms with E-state index in [9.17, 15) is 4.79 Å². The Kier molecular flexibility index (Phi) is 4.50. The van der Waals surface area contributed by atoms with Crippen LogP contribution in [-0.2, 0) is 4.74 Å². The predicted octanol–water partition coefficient (Wildman–Crippen LogP) is 2.43. The van der Waals surface area contributed by atoms with Gasteiger partial charge in [-0.25, -0.2) is 4.98 Å². The third-order valence-corrected chi connectivity index (χ3v) is 3.00. The van der Waals surface area contributed by atoms with E-state index in [0.717, 1.165) is 6.42 Å². The Morgan fingerprint density at radius 3 is 2.85 bits per heavy atom. The number of pyridine rings is 1. The molecule has 6 heteroatoms. The average molecular weight is 299 g/mol. The summed E-state index contributed by atoms with van der Waals surface area (Å²) in [6.45, 7) is 6.98. The van der Waals surface area contributed by atoms with Crippen LogP contribution < -0.4 is 10.1 Å². The van der Waals surface area contributed by atoms with E-state index >= 15 is 0 Å². The van der Waals surface area contributed by atoms with Crippen molar-refractivity contribution < 1.29 is 14.3 Å². The van der Waals surface area contributed by atoms with Gasteiger partial charge in [-0.05, 0) is 26.8 Å². The molecule has 1 aromatic heterocycles. The minimum Gasteiger partial charge on any atom is -0.471 e. The number of carbonyl (C=O) groups excluding carboxylic acids is 1. The molecule has 1 aliphatic heterocycles. The summed E-state index contributed by atoms with van der Waals surface area (Å²) in [6.07, 6.45) is 2.27. The van der Waals surface area contributed by atoms with Crippen LogP contribution in [-0.4, -0.2) is 35.7 Å². The predicted molar refractivity (Wildman–Crippen MR) is 76.3 cm³/mol. The minimum atomic E-state index is -0.306. The van der Waals surface area contributed by atoms with E-state index in [1.54, 1.807) is 6.07 Å². The van der Waals surface area contributed by atoms with E-state index in [2.05, 4.69) is 10.3 Å². The molecular weight excluding hydrogens is 280 g/mol. The molecule has 1 aliphatic rings. The average Bonchev–Trinajstić information content (AvgIpc) is 2.82. The van der Waals surface area contributed by atoms with Gasteiger partial charge in [0, 0.05) is 18.2 Å². The van der Waals surface area contributed by atoms with Crippen LogP contribution in [0, 0.1) is 0 Å². The number of aromatic nitrogens is 1. The lowest BCUT2D eigenvalue weighted by atomic mass is 10.1. The number of nitrogens with zero attached hydrogens (tertiary/aromatic N) is 1. The van der Waals surface area contributed by atoms with E-state index in [1.165, 1.54) is 6.20 Å². The number of nitrogens with one attached hydrogen (secondary N) is 1. The number of amides is 1. The van der Waals surface area contributed by atoms with Crippen molar-refractivity contribution in [2.75, 3.05) is 13.2 Å². The fourth-order valence-corrected chi connectivity index (χ4v) is 2.02. The maximum atomic E-state index is 12.0. The molecule has 110 valence electrons. The second kappa shape index (κ2) is 5.97. The smallest absolute Gasteiger partial charge is 0.253 e. The van der Waals surface area contributed by atoms with Gasteiger partial charge in [-0.15, -0.1) is 0 Å². The summed E-state index contributed by atoms with van der Waals surface area (Å²) in [5.41, 5.74) is 0.111. The topological polar surface area (TPSA) is 60.5 Å². The Balaban J connectivity index is 2.06. The quantitative estimate of drug-likeness (QED) is 0.931. The van der Waals surface area contributed by atoms with Crippen LogP contribution >= 0.6 is 11.6 Å². The summed E-state index contributed by atoms with van der Waals surface area (Å²) in [4.78, 5) is 16.1. The van der Waals surface area contributed by atoms with Crippen LogP contribution in [0.15, 0.2) is 12.3 Å². The summed E-state index contributed by atoms with van der Waals surface area (Å²) in [5, 5.41) is 3.19. The van der Waals surface area contributed by atoms with Crippen molar-refractivity contribution in [3.8, 4) is 5.88 Å². The molecule has 20 heavy (non-hydrogen) atoms. The normalized spacial score (nSPS) is 18.9. The maximum absolute atomic E-state index is 12.0. The molecule has 1 fully saturated rings. The summed E-state index contributed by atoms with van der Waals surface area (Å²) in [7, 11) is 0. The standard InChI is InChI=1S/C14H19ClN2O3/c1-14(2,3)17-12(18)9-6-11(15)13(16-7-9)20-10-4-5-19-8-10/h6-7,10H,4-5,8H2,1-3H3,(H,17,18). The molecule has 1 aromatic rings. The zero-order chi connectivity index (χ0) is 14.8. The second-order valence-electron chi connectivity index (χ2n) is 5.82. The van der Waals surface area contributed by atoms with Crippen molar-refractivity contribution in [3.05, 3.63) is 22.8 Å². The van der Waals surface area contributed by atoms with Crippen LogP contribution in [0.3, 0.4) is 0 Å². The molecule has 2 rings (SSSR count). The molecule has 1 atom stereocenters. The first-order chi connectivity index (χ1) is 9.35.